The third-order valence-corrected chi connectivity index (χ3v) is 3.28. The van der Waals surface area contributed by atoms with Crippen molar-refractivity contribution in [3.05, 3.63) is 35.4 Å². The Kier molecular flexibility index (Phi) is 3.39. The van der Waals surface area contributed by atoms with E-state index in [1.807, 2.05) is 0 Å². The summed E-state index contributed by atoms with van der Waals surface area (Å²) in [5.74, 6) is 0.486. The van der Waals surface area contributed by atoms with Gasteiger partial charge in [0.15, 0.2) is 0 Å². The van der Waals surface area contributed by atoms with E-state index in [0.29, 0.717) is 12.0 Å². The smallest absolute Gasteiger partial charge is 0.0512 e. The first-order valence-electron chi connectivity index (χ1n) is 5.65. The largest absolute Gasteiger partial charge is 0.381 e. The van der Waals surface area contributed by atoms with Gasteiger partial charge in [-0.2, -0.15) is 0 Å². The number of rotatable bonds is 2. The lowest BCUT2D eigenvalue weighted by atomic mass is 9.89. The number of aryl methyl sites for hydroxylation is 1. The van der Waals surface area contributed by atoms with Gasteiger partial charge in [0.1, 0.15) is 0 Å². The van der Waals surface area contributed by atoms with Gasteiger partial charge in [0.25, 0.3) is 0 Å². The maximum absolute atomic E-state index is 6.10. The van der Waals surface area contributed by atoms with Gasteiger partial charge in [-0.1, -0.05) is 24.3 Å². The molecule has 1 fully saturated rings. The average molecular weight is 205 g/mol. The summed E-state index contributed by atoms with van der Waals surface area (Å²) in [6.45, 7) is 3.80. The zero-order chi connectivity index (χ0) is 10.7. The molecule has 1 saturated heterocycles. The molecule has 0 radical (unpaired) electrons. The van der Waals surface area contributed by atoms with Crippen molar-refractivity contribution in [2.24, 2.45) is 11.7 Å². The van der Waals surface area contributed by atoms with Crippen molar-refractivity contribution in [3.8, 4) is 0 Å². The highest BCUT2D eigenvalue weighted by Gasteiger charge is 2.22. The van der Waals surface area contributed by atoms with Crippen LogP contribution in [0.1, 0.15) is 17.5 Å². The van der Waals surface area contributed by atoms with Crippen LogP contribution in [-0.2, 0) is 11.2 Å². The summed E-state index contributed by atoms with van der Waals surface area (Å²) in [7, 11) is 0. The summed E-state index contributed by atoms with van der Waals surface area (Å²) < 4.78 is 5.48. The first kappa shape index (κ1) is 10.7. The van der Waals surface area contributed by atoms with Gasteiger partial charge in [-0.05, 0) is 30.9 Å². The topological polar surface area (TPSA) is 35.2 Å². The van der Waals surface area contributed by atoms with Crippen molar-refractivity contribution in [2.45, 2.75) is 25.8 Å². The molecule has 2 unspecified atom stereocenters. The Bertz CT molecular complexity index is 324. The van der Waals surface area contributed by atoms with Gasteiger partial charge in [-0.15, -0.1) is 0 Å². The summed E-state index contributed by atoms with van der Waals surface area (Å²) in [6.07, 6.45) is 2.05. The summed E-state index contributed by atoms with van der Waals surface area (Å²) in [5.41, 5.74) is 8.86. The van der Waals surface area contributed by atoms with Crippen molar-refractivity contribution >= 4 is 0 Å². The fourth-order valence-electron chi connectivity index (χ4n) is 2.15. The standard InChI is InChI=1S/C13H19NO/c1-10-4-2-3-5-11(10)8-12-9-15-7-6-13(12)14/h2-5,12-13H,6-9,14H2,1H3. The lowest BCUT2D eigenvalue weighted by Crippen LogP contribution is -2.39. The van der Waals surface area contributed by atoms with Gasteiger partial charge in [-0.3, -0.25) is 0 Å². The number of ether oxygens (including phenoxy) is 1. The molecule has 2 N–H and O–H groups in total. The normalized spacial score (nSPS) is 26.5. The maximum Gasteiger partial charge on any atom is 0.0512 e. The Morgan fingerprint density at radius 2 is 2.20 bits per heavy atom. The van der Waals surface area contributed by atoms with Gasteiger partial charge in [0, 0.05) is 18.6 Å². The molecule has 2 nitrogen and oxygen atoms in total. The molecule has 1 aliphatic heterocycles. The molecule has 1 aliphatic rings. The quantitative estimate of drug-likeness (QED) is 0.800. The fraction of sp³-hybridized carbons (Fsp3) is 0.538. The zero-order valence-corrected chi connectivity index (χ0v) is 9.28. The van der Waals surface area contributed by atoms with Crippen LogP contribution >= 0.6 is 0 Å². The summed E-state index contributed by atoms with van der Waals surface area (Å²) in [5, 5.41) is 0. The summed E-state index contributed by atoms with van der Waals surface area (Å²) in [6, 6.07) is 8.83. The Hall–Kier alpha value is -0.860. The van der Waals surface area contributed by atoms with Gasteiger partial charge in [-0.25, -0.2) is 0 Å². The highest BCUT2D eigenvalue weighted by atomic mass is 16.5. The molecule has 1 heterocycles. The minimum absolute atomic E-state index is 0.304. The molecule has 0 aliphatic carbocycles. The highest BCUT2D eigenvalue weighted by Crippen LogP contribution is 2.20. The van der Waals surface area contributed by atoms with Gasteiger partial charge < -0.3 is 10.5 Å². The lowest BCUT2D eigenvalue weighted by molar-refractivity contribution is 0.0422. The monoisotopic (exact) mass is 205 g/mol. The van der Waals surface area contributed by atoms with E-state index in [-0.39, 0.29) is 0 Å². The Balaban J connectivity index is 2.04. The van der Waals surface area contributed by atoms with Gasteiger partial charge >= 0.3 is 0 Å². The van der Waals surface area contributed by atoms with E-state index in [4.69, 9.17) is 10.5 Å². The fourth-order valence-corrected chi connectivity index (χ4v) is 2.15. The second-order valence-electron chi connectivity index (χ2n) is 4.42. The van der Waals surface area contributed by atoms with E-state index >= 15 is 0 Å². The third-order valence-electron chi connectivity index (χ3n) is 3.28. The average Bonchev–Trinajstić information content (AvgIpc) is 2.24. The Morgan fingerprint density at radius 1 is 1.40 bits per heavy atom. The van der Waals surface area contributed by atoms with E-state index < -0.39 is 0 Å². The second kappa shape index (κ2) is 4.77. The lowest BCUT2D eigenvalue weighted by Gasteiger charge is -2.29. The van der Waals surface area contributed by atoms with E-state index in [9.17, 15) is 0 Å². The molecule has 82 valence electrons. The summed E-state index contributed by atoms with van der Waals surface area (Å²) >= 11 is 0. The minimum atomic E-state index is 0.304. The molecular weight excluding hydrogens is 186 g/mol. The molecule has 1 aromatic carbocycles. The molecule has 0 spiro atoms. The van der Waals surface area contributed by atoms with E-state index in [0.717, 1.165) is 26.1 Å². The summed E-state index contributed by atoms with van der Waals surface area (Å²) in [4.78, 5) is 0. The van der Waals surface area contributed by atoms with Crippen LogP contribution in [0.5, 0.6) is 0 Å². The van der Waals surface area contributed by atoms with Crippen molar-refractivity contribution < 1.29 is 4.74 Å². The molecular formula is C13H19NO. The zero-order valence-electron chi connectivity index (χ0n) is 9.28. The molecule has 0 aromatic heterocycles. The van der Waals surface area contributed by atoms with E-state index in [2.05, 4.69) is 31.2 Å². The van der Waals surface area contributed by atoms with Crippen LogP contribution in [0.15, 0.2) is 24.3 Å². The molecule has 15 heavy (non-hydrogen) atoms. The number of hydrogen-bond acceptors (Lipinski definition) is 2. The van der Waals surface area contributed by atoms with Crippen molar-refractivity contribution in [1.29, 1.82) is 0 Å². The van der Waals surface area contributed by atoms with Crippen LogP contribution in [0.4, 0.5) is 0 Å². The molecule has 2 atom stereocenters. The molecule has 0 saturated carbocycles. The Labute approximate surface area is 91.4 Å². The van der Waals surface area contributed by atoms with Crippen LogP contribution < -0.4 is 5.73 Å². The van der Waals surface area contributed by atoms with E-state index in [1.54, 1.807) is 0 Å². The molecule has 0 bridgehead atoms. The molecule has 1 aromatic rings. The van der Waals surface area contributed by atoms with Gasteiger partial charge in [0.05, 0.1) is 6.61 Å². The van der Waals surface area contributed by atoms with Crippen LogP contribution in [-0.4, -0.2) is 19.3 Å². The Morgan fingerprint density at radius 3 is 2.93 bits per heavy atom. The van der Waals surface area contributed by atoms with E-state index in [1.165, 1.54) is 11.1 Å². The predicted molar refractivity (Wildman–Crippen MR) is 61.8 cm³/mol. The highest BCUT2D eigenvalue weighted by molar-refractivity contribution is 5.26. The van der Waals surface area contributed by atoms with Gasteiger partial charge in [0.2, 0.25) is 0 Å². The second-order valence-corrected chi connectivity index (χ2v) is 4.42. The number of benzene rings is 1. The van der Waals surface area contributed by atoms with Crippen molar-refractivity contribution in [3.63, 3.8) is 0 Å². The first-order valence-corrected chi connectivity index (χ1v) is 5.65. The number of hydrogen-bond donors (Lipinski definition) is 1. The third kappa shape index (κ3) is 2.58. The molecule has 2 rings (SSSR count). The van der Waals surface area contributed by atoms with Crippen LogP contribution in [0, 0.1) is 12.8 Å². The van der Waals surface area contributed by atoms with Crippen LogP contribution in [0.2, 0.25) is 0 Å². The minimum Gasteiger partial charge on any atom is -0.381 e. The molecule has 2 heteroatoms. The van der Waals surface area contributed by atoms with Crippen molar-refractivity contribution in [2.75, 3.05) is 13.2 Å². The van der Waals surface area contributed by atoms with Crippen LogP contribution in [0.3, 0.4) is 0 Å². The first-order chi connectivity index (χ1) is 7.27. The predicted octanol–water partition coefficient (Wildman–Crippen LogP) is 1.90. The maximum atomic E-state index is 6.10. The van der Waals surface area contributed by atoms with Crippen molar-refractivity contribution in [1.82, 2.24) is 0 Å². The molecule has 0 amide bonds. The van der Waals surface area contributed by atoms with Crippen LogP contribution in [0.25, 0.3) is 0 Å². The SMILES string of the molecule is Cc1ccccc1CC1COCCC1N. The number of nitrogens with two attached hydrogens (primary N) is 1.